The van der Waals surface area contributed by atoms with Crippen molar-refractivity contribution in [3.63, 3.8) is 0 Å². The molecule has 1 N–H and O–H groups in total. The van der Waals surface area contributed by atoms with E-state index in [-0.39, 0.29) is 27.8 Å². The van der Waals surface area contributed by atoms with Crippen LogP contribution >= 0.6 is 0 Å². The summed E-state index contributed by atoms with van der Waals surface area (Å²) in [7, 11) is 0. The maximum atomic E-state index is 12.5. The number of Topliss-reactive ketones (excluding diaryl/α,β-unsaturated/α-hetero) is 1. The predicted octanol–water partition coefficient (Wildman–Crippen LogP) is 6.43. The molecule has 2 aliphatic carbocycles. The summed E-state index contributed by atoms with van der Waals surface area (Å²) in [5.74, 6) is -3.25. The van der Waals surface area contributed by atoms with Crippen LogP contribution in [0.1, 0.15) is 64.7 Å². The highest BCUT2D eigenvalue weighted by Gasteiger charge is 2.46. The Kier molecular flexibility index (Phi) is 9.68. The molecule has 0 atom stereocenters. The van der Waals surface area contributed by atoms with Crippen LogP contribution < -0.4 is 5.32 Å². The van der Waals surface area contributed by atoms with E-state index < -0.39 is 36.5 Å². The molecular formula is C35H29F6N7O3. The second-order valence-corrected chi connectivity index (χ2v) is 12.4. The van der Waals surface area contributed by atoms with Gasteiger partial charge in [0.25, 0.3) is 5.89 Å². The standard InChI is InChI=1S/C18H16F3N3O2.C17H13F3N4O/c19-18(20,21)16(26)24-11-14(25)12-9-22-15(23-10-12)8-17(6-7-17)13-4-2-1-3-5-13;18-17(19,20)15-24-23-14(25-15)11-9-21-13(22-10-11)8-16(6-7-16)12-4-2-1-3-5-12/h1-5,9-10H,6-8,11H2,(H,24,26);1-5,9-10H,6-8H2. The number of hydrogen-bond donors (Lipinski definition) is 1. The Hall–Kier alpha value is -5.54. The van der Waals surface area contributed by atoms with Gasteiger partial charge in [-0.3, -0.25) is 9.59 Å². The third kappa shape index (κ3) is 8.61. The summed E-state index contributed by atoms with van der Waals surface area (Å²) in [6.07, 6.45) is 1.24. The van der Waals surface area contributed by atoms with Crippen LogP contribution in [0.25, 0.3) is 11.5 Å². The molecule has 16 heteroatoms. The third-order valence-electron chi connectivity index (χ3n) is 8.79. The first-order chi connectivity index (χ1) is 24.3. The first-order valence-electron chi connectivity index (χ1n) is 15.8. The zero-order valence-electron chi connectivity index (χ0n) is 26.7. The van der Waals surface area contributed by atoms with Crippen LogP contribution in [0, 0.1) is 0 Å². The van der Waals surface area contributed by atoms with Gasteiger partial charge in [0.1, 0.15) is 11.6 Å². The van der Waals surface area contributed by atoms with E-state index in [1.165, 1.54) is 41.2 Å². The van der Waals surface area contributed by atoms with Crippen molar-refractivity contribution in [2.75, 3.05) is 6.54 Å². The van der Waals surface area contributed by atoms with Gasteiger partial charge in [-0.25, -0.2) is 19.9 Å². The number of alkyl halides is 6. The number of benzene rings is 2. The molecule has 3 heterocycles. The van der Waals surface area contributed by atoms with Gasteiger partial charge in [0, 0.05) is 48.5 Å². The van der Waals surface area contributed by atoms with Crippen LogP contribution in [0.2, 0.25) is 0 Å². The maximum Gasteiger partial charge on any atom is 0.471 e. The molecule has 3 aromatic heterocycles. The molecule has 2 aromatic carbocycles. The summed E-state index contributed by atoms with van der Waals surface area (Å²) in [5.41, 5.74) is 2.88. The average Bonchev–Trinajstić information content (AvgIpc) is 4.03. The van der Waals surface area contributed by atoms with Crippen molar-refractivity contribution in [3.05, 3.63) is 120 Å². The van der Waals surface area contributed by atoms with Crippen molar-refractivity contribution >= 4 is 11.7 Å². The lowest BCUT2D eigenvalue weighted by Crippen LogP contribution is -2.39. The zero-order valence-corrected chi connectivity index (χ0v) is 26.7. The van der Waals surface area contributed by atoms with E-state index in [0.717, 1.165) is 25.7 Å². The number of amides is 1. The number of halogens is 6. The van der Waals surface area contributed by atoms with Crippen LogP contribution in [0.3, 0.4) is 0 Å². The number of hydrogen-bond acceptors (Lipinski definition) is 9. The second kappa shape index (κ2) is 14.0. The minimum absolute atomic E-state index is 0.0213. The van der Waals surface area contributed by atoms with Crippen LogP contribution in [0.4, 0.5) is 26.3 Å². The van der Waals surface area contributed by atoms with Gasteiger partial charge < -0.3 is 9.73 Å². The molecule has 1 amide bonds. The predicted molar refractivity (Wildman–Crippen MR) is 168 cm³/mol. The quantitative estimate of drug-likeness (QED) is 0.129. The fraction of sp³-hybridized carbons (Fsp3) is 0.314. The van der Waals surface area contributed by atoms with E-state index in [0.29, 0.717) is 24.5 Å². The van der Waals surface area contributed by atoms with Gasteiger partial charge in [0.05, 0.1) is 17.7 Å². The number of carbonyl (C=O) groups excluding carboxylic acids is 2. The molecule has 5 aromatic rings. The molecule has 0 unspecified atom stereocenters. The van der Waals surface area contributed by atoms with Gasteiger partial charge in [0.2, 0.25) is 0 Å². The molecule has 2 saturated carbocycles. The Morgan fingerprint density at radius 2 is 1.16 bits per heavy atom. The maximum absolute atomic E-state index is 12.5. The molecule has 0 bridgehead atoms. The summed E-state index contributed by atoms with van der Waals surface area (Å²) in [6.45, 7) is -0.755. The average molecular weight is 710 g/mol. The number of ketones is 1. The number of aromatic nitrogens is 6. The Labute approximate surface area is 286 Å². The van der Waals surface area contributed by atoms with E-state index in [1.54, 1.807) is 0 Å². The number of rotatable bonds is 10. The van der Waals surface area contributed by atoms with E-state index in [9.17, 15) is 35.9 Å². The summed E-state index contributed by atoms with van der Waals surface area (Å²) in [6, 6.07) is 20.2. The molecule has 7 rings (SSSR count). The van der Waals surface area contributed by atoms with E-state index in [1.807, 2.05) is 36.4 Å². The fourth-order valence-corrected chi connectivity index (χ4v) is 5.59. The number of nitrogens with zero attached hydrogens (tertiary/aromatic N) is 6. The molecule has 264 valence electrons. The highest BCUT2D eigenvalue weighted by atomic mass is 19.4. The molecule has 2 fully saturated rings. The highest BCUT2D eigenvalue weighted by Crippen LogP contribution is 2.51. The molecule has 2 aliphatic rings. The minimum atomic E-state index is -5.02. The van der Waals surface area contributed by atoms with Crippen molar-refractivity contribution in [3.8, 4) is 11.5 Å². The van der Waals surface area contributed by atoms with Gasteiger partial charge in [-0.1, -0.05) is 60.7 Å². The van der Waals surface area contributed by atoms with Gasteiger partial charge >= 0.3 is 24.2 Å². The van der Waals surface area contributed by atoms with Gasteiger partial charge in [-0.15, -0.1) is 10.2 Å². The van der Waals surface area contributed by atoms with E-state index >= 15 is 0 Å². The van der Waals surface area contributed by atoms with Crippen LogP contribution in [0.5, 0.6) is 0 Å². The fourth-order valence-electron chi connectivity index (χ4n) is 5.59. The first kappa shape index (κ1) is 35.3. The van der Waals surface area contributed by atoms with Crippen LogP contribution in [-0.2, 0) is 34.6 Å². The molecule has 0 radical (unpaired) electrons. The Morgan fingerprint density at radius 1 is 0.686 bits per heavy atom. The molecule has 10 nitrogen and oxygen atoms in total. The topological polar surface area (TPSA) is 137 Å². The van der Waals surface area contributed by atoms with E-state index in [2.05, 4.69) is 58.8 Å². The first-order valence-corrected chi connectivity index (χ1v) is 15.8. The van der Waals surface area contributed by atoms with Crippen LogP contribution in [-0.4, -0.2) is 54.5 Å². The lowest BCUT2D eigenvalue weighted by molar-refractivity contribution is -0.173. The number of carbonyl (C=O) groups is 2. The molecule has 51 heavy (non-hydrogen) atoms. The lowest BCUT2D eigenvalue weighted by Gasteiger charge is -2.14. The SMILES string of the molecule is FC(F)(F)c1nnc(-c2cnc(CC3(c4ccccc4)CC3)nc2)o1.O=C(CNC(=O)C(F)(F)F)c1cnc(CC2(c3ccccc3)CC2)nc1. The summed E-state index contributed by atoms with van der Waals surface area (Å²) >= 11 is 0. The Morgan fingerprint density at radius 3 is 1.57 bits per heavy atom. The van der Waals surface area contributed by atoms with Crippen molar-refractivity contribution in [1.29, 1.82) is 0 Å². The van der Waals surface area contributed by atoms with E-state index in [4.69, 9.17) is 0 Å². The minimum Gasteiger partial charge on any atom is -0.413 e. The summed E-state index contributed by atoms with van der Waals surface area (Å²) in [4.78, 5) is 39.4. The summed E-state index contributed by atoms with van der Waals surface area (Å²) in [5, 5.41) is 7.93. The van der Waals surface area contributed by atoms with Crippen molar-refractivity contribution in [1.82, 2.24) is 35.5 Å². The van der Waals surface area contributed by atoms with Crippen molar-refractivity contribution < 1.29 is 40.3 Å². The van der Waals surface area contributed by atoms with Crippen LogP contribution in [0.15, 0.2) is 89.9 Å². The lowest BCUT2D eigenvalue weighted by atomic mass is 9.92. The Bertz CT molecular complexity index is 1960. The van der Waals surface area contributed by atoms with Gasteiger partial charge in [-0.05, 0) is 36.8 Å². The molecule has 0 spiro atoms. The molecular weight excluding hydrogens is 680 g/mol. The second-order valence-electron chi connectivity index (χ2n) is 12.4. The highest BCUT2D eigenvalue weighted by molar-refractivity contribution is 5.99. The third-order valence-corrected chi connectivity index (χ3v) is 8.79. The van der Waals surface area contributed by atoms with Crippen molar-refractivity contribution in [2.24, 2.45) is 0 Å². The summed E-state index contributed by atoms with van der Waals surface area (Å²) < 4.78 is 78.5. The van der Waals surface area contributed by atoms with Gasteiger partial charge in [-0.2, -0.15) is 26.3 Å². The Balaban J connectivity index is 0.000000176. The molecule has 0 aliphatic heterocycles. The van der Waals surface area contributed by atoms with Gasteiger partial charge in [0.15, 0.2) is 5.78 Å². The monoisotopic (exact) mass is 709 g/mol. The zero-order chi connectivity index (χ0) is 36.3. The van der Waals surface area contributed by atoms with Crippen molar-refractivity contribution in [2.45, 2.75) is 61.7 Å². The number of nitrogens with one attached hydrogen (secondary N) is 1. The molecule has 0 saturated heterocycles. The smallest absolute Gasteiger partial charge is 0.413 e. The largest absolute Gasteiger partial charge is 0.471 e. The normalized spacial score (nSPS) is 15.6.